The van der Waals surface area contributed by atoms with Gasteiger partial charge in [0.05, 0.1) is 25.0 Å². The molecular weight excluding hydrogens is 522 g/mol. The zero-order chi connectivity index (χ0) is 31.8. The van der Waals surface area contributed by atoms with Crippen LogP contribution in [-0.2, 0) is 19.1 Å². The van der Waals surface area contributed by atoms with E-state index in [4.69, 9.17) is 20.6 Å². The number of hydrogen-bond donors (Lipinski definition) is 3. The van der Waals surface area contributed by atoms with Gasteiger partial charge in [0.15, 0.2) is 0 Å². The van der Waals surface area contributed by atoms with Crippen molar-refractivity contribution in [3.8, 4) is 5.88 Å². The van der Waals surface area contributed by atoms with Gasteiger partial charge in [-0.1, -0.05) is 34.6 Å². The molecule has 0 bridgehead atoms. The molecule has 1 unspecified atom stereocenters. The van der Waals surface area contributed by atoms with Gasteiger partial charge in [-0.25, -0.2) is 4.98 Å². The number of aromatic nitrogens is 1. The van der Waals surface area contributed by atoms with Crippen LogP contribution < -0.4 is 15.8 Å². The maximum atomic E-state index is 11.0. The number of ether oxygens (including phenoxy) is 3. The molecule has 2 aromatic rings. The molecule has 1 aliphatic heterocycles. The Bertz CT molecular complexity index is 983. The number of carbonyl (C=O) groups excluding carboxylic acids is 2. The first kappa shape index (κ1) is 39.6. The second kappa shape index (κ2) is 24.3. The molecule has 1 fully saturated rings. The van der Waals surface area contributed by atoms with Gasteiger partial charge in [-0.2, -0.15) is 0 Å². The molecule has 3 rings (SSSR count). The fraction of sp³-hybridized carbons (Fsp3) is 0.548. The molecule has 0 radical (unpaired) electrons. The lowest BCUT2D eigenvalue weighted by Gasteiger charge is -2.13. The van der Waals surface area contributed by atoms with Gasteiger partial charge in [-0.3, -0.25) is 19.9 Å². The van der Waals surface area contributed by atoms with Crippen molar-refractivity contribution in [1.82, 2.24) is 9.88 Å². The topological polar surface area (TPSA) is 140 Å². The van der Waals surface area contributed by atoms with Crippen LogP contribution in [-0.4, -0.2) is 74.5 Å². The second-order valence-corrected chi connectivity index (χ2v) is 8.83. The molecule has 1 saturated heterocycles. The van der Waals surface area contributed by atoms with Crippen LogP contribution >= 0.6 is 0 Å². The fourth-order valence-electron chi connectivity index (χ4n) is 3.48. The standard InChI is InChI=1S/C16H18N4O2.C9H17NO2.C2H6O.2C2H6/c1-10(2)22-15-6-3-11(8-19-15)16(18)13-7-12(20-9-21)4-5-14(13)17;1-3-12-9(11)7-10-5-4-8(2)6-10;1-3-2;2*1-2/h3-10,18H,17H2,1-2H3,(H,20,21);8H,3-7H2,1-2H3;1-2H3;2*1-2H3. The summed E-state index contributed by atoms with van der Waals surface area (Å²) in [6.45, 7) is 18.9. The number of methoxy groups -OCH3 is 1. The second-order valence-electron chi connectivity index (χ2n) is 8.83. The van der Waals surface area contributed by atoms with Gasteiger partial charge in [0.25, 0.3) is 0 Å². The van der Waals surface area contributed by atoms with E-state index >= 15 is 0 Å². The number of nitrogens with zero attached hydrogens (tertiary/aromatic N) is 2. The molecule has 10 heteroatoms. The van der Waals surface area contributed by atoms with E-state index in [-0.39, 0.29) is 17.8 Å². The van der Waals surface area contributed by atoms with Gasteiger partial charge in [0.2, 0.25) is 12.3 Å². The minimum Gasteiger partial charge on any atom is -0.475 e. The van der Waals surface area contributed by atoms with E-state index < -0.39 is 0 Å². The average Bonchev–Trinajstić information content (AvgIpc) is 3.37. The maximum absolute atomic E-state index is 11.0. The maximum Gasteiger partial charge on any atom is 0.320 e. The van der Waals surface area contributed by atoms with E-state index in [1.807, 2.05) is 48.5 Å². The summed E-state index contributed by atoms with van der Waals surface area (Å²) in [7, 11) is 3.25. The van der Waals surface area contributed by atoms with Crippen molar-refractivity contribution < 1.29 is 23.8 Å². The number of hydrogen-bond acceptors (Lipinski definition) is 9. The van der Waals surface area contributed by atoms with Crippen LogP contribution in [0.4, 0.5) is 11.4 Å². The van der Waals surface area contributed by atoms with E-state index in [1.165, 1.54) is 6.42 Å². The van der Waals surface area contributed by atoms with Gasteiger partial charge in [-0.15, -0.1) is 0 Å². The third kappa shape index (κ3) is 17.0. The Labute approximate surface area is 247 Å². The monoisotopic (exact) mass is 575 g/mol. The number of nitrogens with one attached hydrogen (secondary N) is 2. The predicted molar refractivity (Wildman–Crippen MR) is 169 cm³/mol. The summed E-state index contributed by atoms with van der Waals surface area (Å²) in [6.07, 6.45) is 3.40. The Hall–Kier alpha value is -3.50. The van der Waals surface area contributed by atoms with Crippen molar-refractivity contribution >= 4 is 29.5 Å². The molecule has 1 aliphatic rings. The molecule has 1 aromatic heterocycles. The van der Waals surface area contributed by atoms with Crippen LogP contribution in [0.15, 0.2) is 36.5 Å². The van der Waals surface area contributed by atoms with Crippen molar-refractivity contribution in [3.05, 3.63) is 47.7 Å². The van der Waals surface area contributed by atoms with Crippen LogP contribution in [0, 0.1) is 11.3 Å². The largest absolute Gasteiger partial charge is 0.475 e. The lowest BCUT2D eigenvalue weighted by molar-refractivity contribution is -0.144. The number of likely N-dealkylation sites (tertiary alicyclic amines) is 1. The zero-order valence-electron chi connectivity index (χ0n) is 26.7. The van der Waals surface area contributed by atoms with Gasteiger partial charge in [0, 0.05) is 55.5 Å². The number of pyridine rings is 1. The first-order valence-corrected chi connectivity index (χ1v) is 14.2. The van der Waals surface area contributed by atoms with Gasteiger partial charge in [-0.05, 0) is 63.9 Å². The molecule has 1 atom stereocenters. The van der Waals surface area contributed by atoms with E-state index in [9.17, 15) is 9.59 Å². The average molecular weight is 576 g/mol. The molecule has 10 nitrogen and oxygen atoms in total. The van der Waals surface area contributed by atoms with Gasteiger partial charge >= 0.3 is 5.97 Å². The number of esters is 1. The summed E-state index contributed by atoms with van der Waals surface area (Å²) in [5, 5.41) is 10.8. The van der Waals surface area contributed by atoms with Crippen LogP contribution in [0.25, 0.3) is 0 Å². The normalized spacial score (nSPS) is 13.4. The highest BCUT2D eigenvalue weighted by molar-refractivity contribution is 6.14. The highest BCUT2D eigenvalue weighted by Gasteiger charge is 2.20. The molecule has 0 saturated carbocycles. The molecular formula is C31H53N5O5. The molecule has 1 aromatic carbocycles. The zero-order valence-corrected chi connectivity index (χ0v) is 26.7. The molecule has 4 N–H and O–H groups in total. The summed E-state index contributed by atoms with van der Waals surface area (Å²) >= 11 is 0. The van der Waals surface area contributed by atoms with E-state index in [0.29, 0.717) is 47.9 Å². The lowest BCUT2D eigenvalue weighted by atomic mass is 10.0. The quantitative estimate of drug-likeness (QED) is 0.151. The molecule has 41 heavy (non-hydrogen) atoms. The molecule has 2 heterocycles. The van der Waals surface area contributed by atoms with Gasteiger partial charge < -0.3 is 25.3 Å². The van der Waals surface area contributed by atoms with Crippen LogP contribution in [0.5, 0.6) is 5.88 Å². The molecule has 1 amide bonds. The Morgan fingerprint density at radius 2 is 1.83 bits per heavy atom. The fourth-order valence-corrected chi connectivity index (χ4v) is 3.48. The van der Waals surface area contributed by atoms with Crippen molar-refractivity contribution in [3.63, 3.8) is 0 Å². The molecule has 0 aliphatic carbocycles. The van der Waals surface area contributed by atoms with E-state index in [1.54, 1.807) is 50.7 Å². The Morgan fingerprint density at radius 1 is 1.20 bits per heavy atom. The lowest BCUT2D eigenvalue weighted by Crippen LogP contribution is -2.28. The van der Waals surface area contributed by atoms with Gasteiger partial charge in [0.1, 0.15) is 0 Å². The summed E-state index contributed by atoms with van der Waals surface area (Å²) < 4.78 is 14.6. The molecule has 232 valence electrons. The minimum atomic E-state index is -0.0911. The van der Waals surface area contributed by atoms with Crippen molar-refractivity contribution in [2.24, 2.45) is 5.92 Å². The predicted octanol–water partition coefficient (Wildman–Crippen LogP) is 5.64. The number of amides is 1. The SMILES string of the molecule is CC.CC.CC(C)Oc1ccc(C(=N)c2cc(NC=O)ccc2N)cn1.CCOC(=O)CN1CCC(C)C1.COC. The Kier molecular flexibility index (Phi) is 23.5. The highest BCUT2D eigenvalue weighted by Crippen LogP contribution is 2.21. The third-order valence-electron chi connectivity index (χ3n) is 5.10. The minimum absolute atomic E-state index is 0.0412. The first-order chi connectivity index (χ1) is 19.6. The summed E-state index contributed by atoms with van der Waals surface area (Å²) in [5.41, 5.74) is 8.34. The van der Waals surface area contributed by atoms with Crippen LogP contribution in [0.3, 0.4) is 0 Å². The summed E-state index contributed by atoms with van der Waals surface area (Å²) in [6, 6.07) is 8.46. The number of benzene rings is 1. The van der Waals surface area contributed by atoms with Crippen molar-refractivity contribution in [2.75, 3.05) is 51.5 Å². The Morgan fingerprint density at radius 3 is 2.29 bits per heavy atom. The number of nitrogen functional groups attached to an aromatic ring is 1. The van der Waals surface area contributed by atoms with Crippen LogP contribution in [0.2, 0.25) is 0 Å². The summed E-state index contributed by atoms with van der Waals surface area (Å²) in [4.78, 5) is 27.9. The van der Waals surface area contributed by atoms with E-state index in [0.717, 1.165) is 19.0 Å². The molecule has 0 spiro atoms. The third-order valence-corrected chi connectivity index (χ3v) is 5.10. The number of anilines is 2. The highest BCUT2D eigenvalue weighted by atomic mass is 16.5. The van der Waals surface area contributed by atoms with Crippen molar-refractivity contribution in [1.29, 1.82) is 5.41 Å². The number of rotatable bonds is 9. The van der Waals surface area contributed by atoms with Crippen LogP contribution in [0.1, 0.15) is 72.9 Å². The van der Waals surface area contributed by atoms with Crippen molar-refractivity contribution in [2.45, 2.75) is 67.9 Å². The first-order valence-electron chi connectivity index (χ1n) is 14.2. The smallest absolute Gasteiger partial charge is 0.320 e. The van der Waals surface area contributed by atoms with E-state index in [2.05, 4.69) is 26.9 Å². The number of nitrogens with two attached hydrogens (primary N) is 1. The number of carbonyl (C=O) groups is 2. The summed E-state index contributed by atoms with van der Waals surface area (Å²) in [5.74, 6) is 1.15. The Balaban J connectivity index is 0.